The number of Topliss-reactive ketones (excluding diaryl/α,β-unsaturated/α-hetero) is 1. The second-order valence-corrected chi connectivity index (χ2v) is 6.47. The molecule has 0 saturated heterocycles. The molecule has 5 nitrogen and oxygen atoms in total. The molecule has 24 heavy (non-hydrogen) atoms. The average Bonchev–Trinajstić information content (AvgIpc) is 2.54. The highest BCUT2D eigenvalue weighted by atomic mass is 35.5. The number of rotatable bonds is 5. The van der Waals surface area contributed by atoms with E-state index >= 15 is 0 Å². The number of H-pyrrole nitrogens is 1. The molecule has 0 unspecified atom stereocenters. The van der Waals surface area contributed by atoms with Gasteiger partial charge in [0.1, 0.15) is 5.65 Å². The van der Waals surface area contributed by atoms with E-state index in [0.29, 0.717) is 38.8 Å². The summed E-state index contributed by atoms with van der Waals surface area (Å²) in [5, 5.41) is 2.32. The van der Waals surface area contributed by atoms with Crippen molar-refractivity contribution in [2.75, 3.05) is 20.6 Å². The minimum atomic E-state index is -0.237. The summed E-state index contributed by atoms with van der Waals surface area (Å²) in [6, 6.07) is 6.80. The number of nitrogens with zero attached hydrogens (tertiary/aromatic N) is 2. The van der Waals surface area contributed by atoms with Gasteiger partial charge in [0.15, 0.2) is 5.78 Å². The predicted octanol–water partition coefficient (Wildman–Crippen LogP) is 3.25. The first-order valence-corrected chi connectivity index (χ1v) is 8.13. The molecule has 0 saturated carbocycles. The summed E-state index contributed by atoms with van der Waals surface area (Å²) in [7, 11) is 3.96. The number of fused-ring (bicyclic) bond motifs is 3. The van der Waals surface area contributed by atoms with E-state index in [1.807, 2.05) is 19.0 Å². The van der Waals surface area contributed by atoms with E-state index in [-0.39, 0.29) is 11.3 Å². The van der Waals surface area contributed by atoms with E-state index < -0.39 is 0 Å². The van der Waals surface area contributed by atoms with Gasteiger partial charge in [-0.15, -0.1) is 0 Å². The molecule has 2 aromatic heterocycles. The topological polar surface area (TPSA) is 66.1 Å². The first-order chi connectivity index (χ1) is 11.5. The van der Waals surface area contributed by atoms with Crippen molar-refractivity contribution in [2.24, 2.45) is 0 Å². The van der Waals surface area contributed by atoms with Gasteiger partial charge in [-0.3, -0.25) is 9.59 Å². The van der Waals surface area contributed by atoms with Gasteiger partial charge in [0.2, 0.25) is 0 Å². The number of hydrogen-bond donors (Lipinski definition) is 1. The molecular formula is C18H18ClN3O2. The van der Waals surface area contributed by atoms with Crippen molar-refractivity contribution in [3.8, 4) is 0 Å². The smallest absolute Gasteiger partial charge is 0.257 e. The maximum absolute atomic E-state index is 12.4. The fraction of sp³-hybridized carbons (Fsp3) is 0.278. The number of aromatic amines is 1. The first kappa shape index (κ1) is 16.6. The lowest BCUT2D eigenvalue weighted by atomic mass is 10.0. The molecule has 0 aliphatic carbocycles. The van der Waals surface area contributed by atoms with Crippen molar-refractivity contribution < 1.29 is 4.79 Å². The van der Waals surface area contributed by atoms with Crippen LogP contribution in [0.1, 0.15) is 23.2 Å². The molecule has 3 aromatic rings. The maximum Gasteiger partial charge on any atom is 0.257 e. The number of hydrogen-bond acceptors (Lipinski definition) is 4. The van der Waals surface area contributed by atoms with Crippen molar-refractivity contribution >= 4 is 39.2 Å². The van der Waals surface area contributed by atoms with Crippen LogP contribution in [0.5, 0.6) is 0 Å². The van der Waals surface area contributed by atoms with Crippen LogP contribution in [-0.4, -0.2) is 41.3 Å². The summed E-state index contributed by atoms with van der Waals surface area (Å²) in [6.45, 7) is 0.859. The highest BCUT2D eigenvalue weighted by molar-refractivity contribution is 6.37. The zero-order valence-corrected chi connectivity index (χ0v) is 14.4. The van der Waals surface area contributed by atoms with Crippen LogP contribution in [-0.2, 0) is 0 Å². The standard InChI is InChI=1S/C18H18ClN3O2/c1-22(2)9-3-4-15(23)11-5-6-12-13(10-11)16-14(19)7-8-20-17(16)21-18(12)24/h5-8,10H,3-4,9H2,1-2H3,(H,20,21,24). The van der Waals surface area contributed by atoms with Gasteiger partial charge in [-0.1, -0.05) is 17.7 Å². The average molecular weight is 344 g/mol. The van der Waals surface area contributed by atoms with Gasteiger partial charge in [0.05, 0.1) is 5.02 Å². The van der Waals surface area contributed by atoms with Crippen molar-refractivity contribution in [3.05, 3.63) is 51.4 Å². The Morgan fingerprint density at radius 1 is 1.25 bits per heavy atom. The van der Waals surface area contributed by atoms with Gasteiger partial charge in [0, 0.05) is 34.3 Å². The maximum atomic E-state index is 12.4. The predicted molar refractivity (Wildman–Crippen MR) is 97.0 cm³/mol. The zero-order chi connectivity index (χ0) is 17.3. The number of benzene rings is 1. The number of ketones is 1. The lowest BCUT2D eigenvalue weighted by Crippen LogP contribution is -2.14. The Morgan fingerprint density at radius 3 is 2.79 bits per heavy atom. The zero-order valence-electron chi connectivity index (χ0n) is 13.6. The molecule has 0 aliphatic rings. The molecule has 0 atom stereocenters. The Bertz CT molecular complexity index is 979. The van der Waals surface area contributed by atoms with Gasteiger partial charge in [0.25, 0.3) is 5.56 Å². The summed E-state index contributed by atoms with van der Waals surface area (Å²) < 4.78 is 0. The highest BCUT2D eigenvalue weighted by Gasteiger charge is 2.13. The van der Waals surface area contributed by atoms with Gasteiger partial charge >= 0.3 is 0 Å². The fourth-order valence-corrected chi connectivity index (χ4v) is 3.03. The van der Waals surface area contributed by atoms with Gasteiger partial charge in [-0.25, -0.2) is 4.98 Å². The third kappa shape index (κ3) is 3.18. The minimum Gasteiger partial charge on any atom is -0.309 e. The number of halogens is 1. The van der Waals surface area contributed by atoms with E-state index in [4.69, 9.17) is 11.6 Å². The van der Waals surface area contributed by atoms with Crippen LogP contribution in [0.2, 0.25) is 5.02 Å². The fourth-order valence-electron chi connectivity index (χ4n) is 2.79. The van der Waals surface area contributed by atoms with Crippen molar-refractivity contribution in [1.82, 2.24) is 14.9 Å². The molecule has 0 spiro atoms. The van der Waals surface area contributed by atoms with Gasteiger partial charge in [-0.05, 0) is 45.3 Å². The van der Waals surface area contributed by atoms with Crippen LogP contribution in [0.15, 0.2) is 35.3 Å². The van der Waals surface area contributed by atoms with Crippen LogP contribution < -0.4 is 5.56 Å². The number of carbonyl (C=O) groups excluding carboxylic acids is 1. The molecule has 0 radical (unpaired) electrons. The van der Waals surface area contributed by atoms with Crippen LogP contribution in [0.4, 0.5) is 0 Å². The molecule has 0 fully saturated rings. The summed E-state index contributed by atoms with van der Waals surface area (Å²) >= 11 is 6.29. The van der Waals surface area contributed by atoms with Gasteiger partial charge in [-0.2, -0.15) is 0 Å². The monoisotopic (exact) mass is 343 g/mol. The molecule has 1 N–H and O–H groups in total. The number of aromatic nitrogens is 2. The lowest BCUT2D eigenvalue weighted by molar-refractivity contribution is 0.0977. The Hall–Kier alpha value is -2.24. The molecule has 6 heteroatoms. The normalized spacial score (nSPS) is 11.5. The number of nitrogens with one attached hydrogen (secondary N) is 1. The molecule has 0 aliphatic heterocycles. The molecule has 1 aromatic carbocycles. The number of pyridine rings is 2. The Morgan fingerprint density at radius 2 is 2.04 bits per heavy atom. The first-order valence-electron chi connectivity index (χ1n) is 7.75. The van der Waals surface area contributed by atoms with Crippen molar-refractivity contribution in [3.63, 3.8) is 0 Å². The molecule has 3 rings (SSSR count). The molecule has 0 amide bonds. The third-order valence-corrected chi connectivity index (χ3v) is 4.31. The van der Waals surface area contributed by atoms with E-state index in [2.05, 4.69) is 9.97 Å². The summed E-state index contributed by atoms with van der Waals surface area (Å²) in [5.74, 6) is 0.0622. The SMILES string of the molecule is CN(C)CCCC(=O)c1ccc2c(=O)[nH]c3nccc(Cl)c3c2c1. The quantitative estimate of drug-likeness (QED) is 0.570. The number of carbonyl (C=O) groups is 1. The van der Waals surface area contributed by atoms with Crippen LogP contribution in [0.25, 0.3) is 21.8 Å². The van der Waals surface area contributed by atoms with Crippen LogP contribution in [0.3, 0.4) is 0 Å². The Balaban J connectivity index is 2.08. The second-order valence-electron chi connectivity index (χ2n) is 6.06. The van der Waals surface area contributed by atoms with Crippen molar-refractivity contribution in [1.29, 1.82) is 0 Å². The Kier molecular flexibility index (Phi) is 4.64. The highest BCUT2D eigenvalue weighted by Crippen LogP contribution is 2.27. The van der Waals surface area contributed by atoms with Gasteiger partial charge < -0.3 is 9.88 Å². The minimum absolute atomic E-state index is 0.0622. The summed E-state index contributed by atoms with van der Waals surface area (Å²) in [6.07, 6.45) is 2.81. The summed E-state index contributed by atoms with van der Waals surface area (Å²) in [5.41, 5.74) is 0.782. The second kappa shape index (κ2) is 6.71. The summed E-state index contributed by atoms with van der Waals surface area (Å²) in [4.78, 5) is 33.6. The van der Waals surface area contributed by atoms with Crippen LogP contribution in [0, 0.1) is 0 Å². The molecule has 0 bridgehead atoms. The third-order valence-electron chi connectivity index (χ3n) is 4.00. The van der Waals surface area contributed by atoms with E-state index in [9.17, 15) is 9.59 Å². The molecule has 2 heterocycles. The van der Waals surface area contributed by atoms with E-state index in [1.165, 1.54) is 0 Å². The van der Waals surface area contributed by atoms with E-state index in [1.54, 1.807) is 30.5 Å². The largest absolute Gasteiger partial charge is 0.309 e. The molecular weight excluding hydrogens is 326 g/mol. The van der Waals surface area contributed by atoms with Crippen LogP contribution >= 0.6 is 11.6 Å². The lowest BCUT2D eigenvalue weighted by Gasteiger charge is -2.09. The Labute approximate surface area is 144 Å². The molecule has 124 valence electrons. The van der Waals surface area contributed by atoms with E-state index in [0.717, 1.165) is 13.0 Å². The van der Waals surface area contributed by atoms with Crippen molar-refractivity contribution in [2.45, 2.75) is 12.8 Å².